The van der Waals surface area contributed by atoms with E-state index < -0.39 is 30.5 Å². The summed E-state index contributed by atoms with van der Waals surface area (Å²) in [5.41, 5.74) is 0.769. The van der Waals surface area contributed by atoms with Gasteiger partial charge in [0.2, 0.25) is 0 Å². The summed E-state index contributed by atoms with van der Waals surface area (Å²) in [5.74, 6) is -2.35. The normalized spacial score (nSPS) is 13.0. The quantitative estimate of drug-likeness (QED) is 0.846. The second-order valence-corrected chi connectivity index (χ2v) is 4.45. The number of hydrogen-bond donors (Lipinski definition) is 2. The highest BCUT2D eigenvalue weighted by molar-refractivity contribution is 5.94. The molecular formula is C13H16F3NO4. The van der Waals surface area contributed by atoms with Gasteiger partial charge in [-0.15, -0.1) is 0 Å². The lowest BCUT2D eigenvalue weighted by molar-refractivity contribution is -0.157. The zero-order chi connectivity index (χ0) is 16.2. The van der Waals surface area contributed by atoms with Crippen LogP contribution >= 0.6 is 0 Å². The average molecular weight is 307 g/mol. The first kappa shape index (κ1) is 17.1. The van der Waals surface area contributed by atoms with E-state index in [0.29, 0.717) is 18.6 Å². The summed E-state index contributed by atoms with van der Waals surface area (Å²) in [7, 11) is 0. The molecule has 5 nitrogen and oxygen atoms in total. The second kappa shape index (κ2) is 6.64. The van der Waals surface area contributed by atoms with Gasteiger partial charge >= 0.3 is 12.1 Å². The third kappa shape index (κ3) is 4.80. The fraction of sp³-hybridized carbons (Fsp3) is 0.538. The van der Waals surface area contributed by atoms with E-state index in [-0.39, 0.29) is 5.76 Å². The molecule has 1 atom stereocenters. The van der Waals surface area contributed by atoms with Gasteiger partial charge in [0.05, 0.1) is 6.42 Å². The van der Waals surface area contributed by atoms with Crippen LogP contribution in [0.4, 0.5) is 13.2 Å². The average Bonchev–Trinajstić information content (AvgIpc) is 2.79. The molecule has 1 amide bonds. The fourth-order valence-corrected chi connectivity index (χ4v) is 1.84. The minimum Gasteiger partial charge on any atom is -0.480 e. The van der Waals surface area contributed by atoms with E-state index in [9.17, 15) is 22.8 Å². The molecule has 21 heavy (non-hydrogen) atoms. The zero-order valence-corrected chi connectivity index (χ0v) is 11.6. The van der Waals surface area contributed by atoms with E-state index in [1.807, 2.05) is 19.2 Å². The van der Waals surface area contributed by atoms with E-state index in [1.165, 1.54) is 6.07 Å². The standard InChI is InChI=1S/C13H16F3NO4/c1-3-7-5-10(21-9(7)4-2)11(18)17-8(12(19)20)6-13(14,15)16/h5,8H,3-4,6H2,1-2H3,(H,17,18)(H,19,20). The van der Waals surface area contributed by atoms with E-state index in [2.05, 4.69) is 0 Å². The van der Waals surface area contributed by atoms with Gasteiger partial charge < -0.3 is 14.8 Å². The van der Waals surface area contributed by atoms with E-state index in [4.69, 9.17) is 9.52 Å². The summed E-state index contributed by atoms with van der Waals surface area (Å²) in [6, 6.07) is -0.626. The molecule has 1 rings (SSSR count). The highest BCUT2D eigenvalue weighted by Crippen LogP contribution is 2.22. The number of furan rings is 1. The van der Waals surface area contributed by atoms with Crippen LogP contribution < -0.4 is 5.32 Å². The highest BCUT2D eigenvalue weighted by atomic mass is 19.4. The molecule has 0 radical (unpaired) electrons. The summed E-state index contributed by atoms with van der Waals surface area (Å²) < 4.78 is 42.0. The predicted octanol–water partition coefficient (Wildman–Crippen LogP) is 2.54. The maximum atomic E-state index is 12.3. The summed E-state index contributed by atoms with van der Waals surface area (Å²) in [6.07, 6.45) is -5.20. The number of carbonyl (C=O) groups is 2. The van der Waals surface area contributed by atoms with Gasteiger partial charge in [0, 0.05) is 6.42 Å². The second-order valence-electron chi connectivity index (χ2n) is 4.45. The molecule has 0 bridgehead atoms. The van der Waals surface area contributed by atoms with Crippen LogP contribution in [0.3, 0.4) is 0 Å². The van der Waals surface area contributed by atoms with Crippen LogP contribution in [0.2, 0.25) is 0 Å². The van der Waals surface area contributed by atoms with E-state index in [0.717, 1.165) is 5.56 Å². The van der Waals surface area contributed by atoms with E-state index in [1.54, 1.807) is 0 Å². The fourth-order valence-electron chi connectivity index (χ4n) is 1.84. The van der Waals surface area contributed by atoms with Gasteiger partial charge in [-0.3, -0.25) is 4.79 Å². The van der Waals surface area contributed by atoms with Gasteiger partial charge in [-0.25, -0.2) is 4.79 Å². The van der Waals surface area contributed by atoms with Crippen molar-refractivity contribution in [2.45, 2.75) is 45.3 Å². The lowest BCUT2D eigenvalue weighted by Gasteiger charge is -2.15. The van der Waals surface area contributed by atoms with Crippen molar-refractivity contribution in [3.63, 3.8) is 0 Å². The molecule has 0 aliphatic rings. The number of hydrogen-bond acceptors (Lipinski definition) is 3. The number of carbonyl (C=O) groups excluding carboxylic acids is 1. The molecule has 1 heterocycles. The molecule has 0 aliphatic carbocycles. The van der Waals surface area contributed by atoms with Crippen molar-refractivity contribution >= 4 is 11.9 Å². The molecule has 1 aromatic rings. The summed E-state index contributed by atoms with van der Waals surface area (Å²) >= 11 is 0. The molecule has 2 N–H and O–H groups in total. The lowest BCUT2D eigenvalue weighted by Crippen LogP contribution is -2.43. The number of aliphatic carboxylic acids is 1. The molecule has 118 valence electrons. The Morgan fingerprint density at radius 2 is 1.95 bits per heavy atom. The minimum absolute atomic E-state index is 0.183. The summed E-state index contributed by atoms with van der Waals surface area (Å²) in [4.78, 5) is 22.6. The first-order chi connectivity index (χ1) is 9.67. The Bertz CT molecular complexity index is 500. The maximum Gasteiger partial charge on any atom is 0.391 e. The summed E-state index contributed by atoms with van der Waals surface area (Å²) in [6.45, 7) is 3.65. The van der Waals surface area contributed by atoms with Crippen LogP contribution in [-0.4, -0.2) is 29.2 Å². The van der Waals surface area contributed by atoms with Crippen LogP contribution in [0.25, 0.3) is 0 Å². The molecule has 0 spiro atoms. The van der Waals surface area contributed by atoms with E-state index >= 15 is 0 Å². The molecule has 0 saturated carbocycles. The highest BCUT2D eigenvalue weighted by Gasteiger charge is 2.36. The Morgan fingerprint density at radius 1 is 1.33 bits per heavy atom. The number of alkyl halides is 3. The third-order valence-electron chi connectivity index (χ3n) is 2.86. The smallest absolute Gasteiger partial charge is 0.391 e. The number of aryl methyl sites for hydroxylation is 2. The monoisotopic (exact) mass is 307 g/mol. The Labute approximate surface area is 119 Å². The molecule has 0 aliphatic heterocycles. The van der Waals surface area contributed by atoms with Crippen molar-refractivity contribution in [3.05, 3.63) is 23.2 Å². The van der Waals surface area contributed by atoms with Crippen molar-refractivity contribution in [2.24, 2.45) is 0 Å². The van der Waals surface area contributed by atoms with Crippen LogP contribution in [0, 0.1) is 0 Å². The number of carboxylic acids is 1. The van der Waals surface area contributed by atoms with Gasteiger partial charge in [-0.1, -0.05) is 13.8 Å². The van der Waals surface area contributed by atoms with Crippen LogP contribution in [0.15, 0.2) is 10.5 Å². The Morgan fingerprint density at radius 3 is 2.33 bits per heavy atom. The van der Waals surface area contributed by atoms with Crippen LogP contribution in [-0.2, 0) is 17.6 Å². The molecule has 1 aromatic heterocycles. The minimum atomic E-state index is -4.69. The number of rotatable bonds is 6. The van der Waals surface area contributed by atoms with Crippen molar-refractivity contribution < 1.29 is 32.3 Å². The van der Waals surface area contributed by atoms with Gasteiger partial charge in [0.1, 0.15) is 11.8 Å². The Kier molecular flexibility index (Phi) is 5.40. The number of halogens is 3. The topological polar surface area (TPSA) is 79.5 Å². The zero-order valence-electron chi connectivity index (χ0n) is 11.6. The van der Waals surface area contributed by atoms with Crippen molar-refractivity contribution in [2.75, 3.05) is 0 Å². The molecule has 0 saturated heterocycles. The number of amides is 1. The Balaban J connectivity index is 2.87. The van der Waals surface area contributed by atoms with Gasteiger partial charge in [0.25, 0.3) is 5.91 Å². The van der Waals surface area contributed by atoms with Crippen molar-refractivity contribution in [1.82, 2.24) is 5.32 Å². The lowest BCUT2D eigenvalue weighted by atomic mass is 10.1. The predicted molar refractivity (Wildman–Crippen MR) is 67.0 cm³/mol. The van der Waals surface area contributed by atoms with Crippen LogP contribution in [0.1, 0.15) is 42.1 Å². The summed E-state index contributed by atoms with van der Waals surface area (Å²) in [5, 5.41) is 10.6. The molecule has 8 heteroatoms. The number of nitrogens with one attached hydrogen (secondary N) is 1. The first-order valence-electron chi connectivity index (χ1n) is 6.39. The van der Waals surface area contributed by atoms with Crippen LogP contribution in [0.5, 0.6) is 0 Å². The molecule has 0 fully saturated rings. The van der Waals surface area contributed by atoms with Gasteiger partial charge in [-0.2, -0.15) is 13.2 Å². The van der Waals surface area contributed by atoms with Gasteiger partial charge in [0.15, 0.2) is 5.76 Å². The maximum absolute atomic E-state index is 12.3. The third-order valence-corrected chi connectivity index (χ3v) is 2.86. The SMILES string of the molecule is CCc1cc(C(=O)NC(CC(F)(F)F)C(=O)O)oc1CC. The molecule has 1 unspecified atom stereocenters. The molecular weight excluding hydrogens is 291 g/mol. The van der Waals surface area contributed by atoms with Gasteiger partial charge in [-0.05, 0) is 18.1 Å². The molecule has 0 aromatic carbocycles. The largest absolute Gasteiger partial charge is 0.480 e. The Hall–Kier alpha value is -1.99. The number of carboxylic acid groups (broad SMARTS) is 1. The van der Waals surface area contributed by atoms with Crippen molar-refractivity contribution in [3.8, 4) is 0 Å². The first-order valence-corrected chi connectivity index (χ1v) is 6.39. The van der Waals surface area contributed by atoms with Crippen molar-refractivity contribution in [1.29, 1.82) is 0 Å².